The number of amides is 1. The smallest absolute Gasteiger partial charge is 0.280 e. The number of aliphatic hydroxyl groups is 1. The van der Waals surface area contributed by atoms with Crippen LogP contribution < -0.4 is 16.0 Å². The van der Waals surface area contributed by atoms with E-state index >= 15 is 0 Å². The van der Waals surface area contributed by atoms with E-state index in [4.69, 9.17) is 10.5 Å². The van der Waals surface area contributed by atoms with Crippen LogP contribution in [0.4, 0.5) is 4.39 Å². The van der Waals surface area contributed by atoms with Crippen molar-refractivity contribution >= 4 is 5.91 Å². The van der Waals surface area contributed by atoms with Crippen molar-refractivity contribution in [2.45, 2.75) is 37.3 Å². The first-order valence-corrected chi connectivity index (χ1v) is 10.4. The summed E-state index contributed by atoms with van der Waals surface area (Å²) >= 11 is 0. The van der Waals surface area contributed by atoms with Crippen LogP contribution in [0.5, 0.6) is 5.75 Å². The van der Waals surface area contributed by atoms with Gasteiger partial charge in [-0.25, -0.2) is 9.07 Å². The third-order valence-corrected chi connectivity index (χ3v) is 6.04. The molecule has 0 radical (unpaired) electrons. The van der Waals surface area contributed by atoms with Crippen molar-refractivity contribution in [3.05, 3.63) is 81.9 Å². The molecule has 3 N–H and O–H groups in total. The number of primary amides is 1. The minimum atomic E-state index is -1.52. The highest BCUT2D eigenvalue weighted by Gasteiger charge is 2.43. The molecule has 2 atom stereocenters. The summed E-state index contributed by atoms with van der Waals surface area (Å²) in [5, 5.41) is 16.2. The lowest BCUT2D eigenvalue weighted by Gasteiger charge is -2.40. The van der Waals surface area contributed by atoms with Crippen LogP contribution in [0.1, 0.15) is 47.6 Å². The highest BCUT2D eigenvalue weighted by molar-refractivity contribution is 5.93. The molecule has 1 saturated carbocycles. The fraction of sp³-hybridized carbons (Fsp3) is 0.292. The first kappa shape index (κ1) is 21.7. The second-order valence-electron chi connectivity index (χ2n) is 7.98. The molecule has 0 bridgehead atoms. The van der Waals surface area contributed by atoms with Gasteiger partial charge in [0.15, 0.2) is 0 Å². The number of halogens is 1. The number of ether oxygens (including phenoxy) is 1. The van der Waals surface area contributed by atoms with Crippen molar-refractivity contribution in [3.8, 4) is 17.0 Å². The van der Waals surface area contributed by atoms with E-state index in [2.05, 4.69) is 5.10 Å². The first-order chi connectivity index (χ1) is 15.3. The predicted molar refractivity (Wildman–Crippen MR) is 117 cm³/mol. The molecule has 7 nitrogen and oxygen atoms in total. The molecule has 166 valence electrons. The highest BCUT2D eigenvalue weighted by Crippen LogP contribution is 2.44. The largest absolute Gasteiger partial charge is 0.497 e. The third kappa shape index (κ3) is 3.89. The zero-order valence-electron chi connectivity index (χ0n) is 17.6. The molecule has 0 saturated heterocycles. The average molecular weight is 437 g/mol. The topological polar surface area (TPSA) is 107 Å². The summed E-state index contributed by atoms with van der Waals surface area (Å²) in [5.74, 6) is -0.721. The minimum absolute atomic E-state index is 0.224. The van der Waals surface area contributed by atoms with Gasteiger partial charge in [-0.05, 0) is 60.9 Å². The summed E-state index contributed by atoms with van der Waals surface area (Å²) in [7, 11) is 1.55. The summed E-state index contributed by atoms with van der Waals surface area (Å²) in [6, 6.07) is 13.3. The maximum Gasteiger partial charge on any atom is 0.280 e. The van der Waals surface area contributed by atoms with Crippen molar-refractivity contribution in [2.75, 3.05) is 7.11 Å². The van der Waals surface area contributed by atoms with Gasteiger partial charge in [0, 0.05) is 5.56 Å². The molecule has 0 aliphatic heterocycles. The zero-order valence-corrected chi connectivity index (χ0v) is 17.6. The fourth-order valence-corrected chi connectivity index (χ4v) is 4.36. The van der Waals surface area contributed by atoms with Crippen LogP contribution in [-0.2, 0) is 5.60 Å². The van der Waals surface area contributed by atoms with Crippen LogP contribution in [-0.4, -0.2) is 27.9 Å². The molecule has 1 amide bonds. The molecule has 1 heterocycles. The van der Waals surface area contributed by atoms with Crippen LogP contribution in [0.2, 0.25) is 0 Å². The van der Waals surface area contributed by atoms with Gasteiger partial charge in [0.1, 0.15) is 22.7 Å². The van der Waals surface area contributed by atoms with Crippen LogP contribution in [0.25, 0.3) is 11.3 Å². The number of aromatic nitrogens is 2. The van der Waals surface area contributed by atoms with Gasteiger partial charge in [-0.1, -0.05) is 25.0 Å². The summed E-state index contributed by atoms with van der Waals surface area (Å²) in [6.07, 6.45) is 2.21. The van der Waals surface area contributed by atoms with Gasteiger partial charge in [-0.2, -0.15) is 5.10 Å². The number of nitrogens with zero attached hydrogens (tertiary/aromatic N) is 2. The van der Waals surface area contributed by atoms with Crippen molar-refractivity contribution in [1.82, 2.24) is 9.78 Å². The fourth-order valence-electron chi connectivity index (χ4n) is 4.36. The molecule has 32 heavy (non-hydrogen) atoms. The van der Waals surface area contributed by atoms with Crippen LogP contribution in [0.3, 0.4) is 0 Å². The number of rotatable bonds is 5. The molecule has 1 fully saturated rings. The van der Waals surface area contributed by atoms with E-state index in [1.54, 1.807) is 37.4 Å². The molecule has 3 aromatic rings. The Bertz CT molecular complexity index is 1210. The van der Waals surface area contributed by atoms with E-state index in [0.717, 1.165) is 11.1 Å². The Kier molecular flexibility index (Phi) is 5.80. The lowest BCUT2D eigenvalue weighted by atomic mass is 9.75. The monoisotopic (exact) mass is 437 g/mol. The number of nitrogens with two attached hydrogens (primary N) is 1. The van der Waals surface area contributed by atoms with Gasteiger partial charge in [0.2, 0.25) is 0 Å². The Morgan fingerprint density at radius 2 is 1.97 bits per heavy atom. The van der Waals surface area contributed by atoms with Gasteiger partial charge in [0.25, 0.3) is 11.5 Å². The SMILES string of the molecule is COc1ccc(-c2cc(C(N)=O)c(=O)n(C3CCCCC3(O)c3cccc(F)c3)n2)cc1. The molecule has 0 spiro atoms. The summed E-state index contributed by atoms with van der Waals surface area (Å²) in [4.78, 5) is 25.2. The zero-order chi connectivity index (χ0) is 22.9. The van der Waals surface area contributed by atoms with Gasteiger partial charge in [0.05, 0.1) is 18.8 Å². The molecule has 4 rings (SSSR count). The summed E-state index contributed by atoms with van der Waals surface area (Å²) in [6.45, 7) is 0. The molecular formula is C24H24FN3O4. The van der Waals surface area contributed by atoms with Gasteiger partial charge < -0.3 is 15.6 Å². The van der Waals surface area contributed by atoms with Crippen molar-refractivity contribution in [1.29, 1.82) is 0 Å². The lowest BCUT2D eigenvalue weighted by molar-refractivity contribution is -0.0534. The van der Waals surface area contributed by atoms with E-state index in [0.29, 0.717) is 41.8 Å². The summed E-state index contributed by atoms with van der Waals surface area (Å²) in [5.41, 5.74) is 4.43. The van der Waals surface area contributed by atoms with Crippen LogP contribution in [0, 0.1) is 5.82 Å². The number of benzene rings is 2. The number of carbonyl (C=O) groups is 1. The van der Waals surface area contributed by atoms with E-state index in [1.165, 1.54) is 24.3 Å². The van der Waals surface area contributed by atoms with Gasteiger partial charge >= 0.3 is 0 Å². The third-order valence-electron chi connectivity index (χ3n) is 6.04. The maximum atomic E-state index is 14.0. The number of hydrogen-bond acceptors (Lipinski definition) is 5. The van der Waals surface area contributed by atoms with Crippen molar-refractivity contribution in [3.63, 3.8) is 0 Å². The molecule has 2 unspecified atom stereocenters. The van der Waals surface area contributed by atoms with Crippen LogP contribution >= 0.6 is 0 Å². The van der Waals surface area contributed by atoms with Crippen molar-refractivity contribution < 1.29 is 19.0 Å². The summed E-state index contributed by atoms with van der Waals surface area (Å²) < 4.78 is 20.3. The Hall–Kier alpha value is -3.52. The molecule has 2 aromatic carbocycles. The minimum Gasteiger partial charge on any atom is -0.497 e. The lowest BCUT2D eigenvalue weighted by Crippen LogP contribution is -2.45. The first-order valence-electron chi connectivity index (χ1n) is 10.4. The van der Waals surface area contributed by atoms with E-state index in [9.17, 15) is 19.1 Å². The molecule has 1 aromatic heterocycles. The predicted octanol–water partition coefficient (Wildman–Crippen LogP) is 3.16. The second-order valence-corrected chi connectivity index (χ2v) is 7.98. The van der Waals surface area contributed by atoms with E-state index in [1.807, 2.05) is 0 Å². The maximum absolute atomic E-state index is 14.0. The molecule has 1 aliphatic rings. The standard InChI is InChI=1S/C24H24FN3O4/c1-32-18-10-8-15(9-11-18)20-14-19(22(26)29)23(30)28(27-20)21-7-2-3-12-24(21,31)16-5-4-6-17(25)13-16/h4-6,8-11,13-14,21,31H,2-3,7,12H2,1H3,(H2,26,29). The van der Waals surface area contributed by atoms with E-state index < -0.39 is 28.9 Å². The molecule has 8 heteroatoms. The second kappa shape index (κ2) is 8.55. The number of methoxy groups -OCH3 is 1. The Labute approximate surface area is 184 Å². The quantitative estimate of drug-likeness (QED) is 0.638. The average Bonchev–Trinajstić information content (AvgIpc) is 2.80. The van der Waals surface area contributed by atoms with Gasteiger partial charge in [-0.15, -0.1) is 0 Å². The van der Waals surface area contributed by atoms with Gasteiger partial charge in [-0.3, -0.25) is 9.59 Å². The Balaban J connectivity index is 1.89. The van der Waals surface area contributed by atoms with Crippen LogP contribution in [0.15, 0.2) is 59.4 Å². The number of hydrogen-bond donors (Lipinski definition) is 2. The Morgan fingerprint density at radius 3 is 2.62 bits per heavy atom. The van der Waals surface area contributed by atoms with Crippen molar-refractivity contribution in [2.24, 2.45) is 5.73 Å². The molecule has 1 aliphatic carbocycles. The number of carbonyl (C=O) groups excluding carboxylic acids is 1. The molecular weight excluding hydrogens is 413 g/mol. The highest BCUT2D eigenvalue weighted by atomic mass is 19.1. The van der Waals surface area contributed by atoms with E-state index in [-0.39, 0.29) is 5.56 Å². The normalized spacial score (nSPS) is 20.7. The Morgan fingerprint density at radius 1 is 1.22 bits per heavy atom.